The van der Waals surface area contributed by atoms with Crippen LogP contribution in [-0.2, 0) is 6.42 Å². The summed E-state index contributed by atoms with van der Waals surface area (Å²) in [4.78, 5) is 0. The van der Waals surface area contributed by atoms with E-state index >= 15 is 0 Å². The molecule has 1 radical (unpaired) electrons. The molecular weight excluding hydrogens is 391 g/mol. The first kappa shape index (κ1) is 14.6. The highest BCUT2D eigenvalue weighted by molar-refractivity contribution is 14.1. The Morgan fingerprint density at radius 3 is 2.58 bits per heavy atom. The second-order valence-electron chi connectivity index (χ2n) is 3.87. The number of rotatable bonds is 2. The maximum atomic E-state index is 12.9. The van der Waals surface area contributed by atoms with Gasteiger partial charge in [-0.1, -0.05) is 24.6 Å². The fourth-order valence-electron chi connectivity index (χ4n) is 1.82. The van der Waals surface area contributed by atoms with Crippen LogP contribution in [0.1, 0.15) is 18.1 Å². The molecule has 1 aliphatic heterocycles. The number of benzene rings is 1. The molecule has 0 atom stereocenters. The van der Waals surface area contributed by atoms with E-state index in [0.717, 1.165) is 9.13 Å². The molecule has 101 valence electrons. The average Bonchev–Trinajstić information content (AvgIpc) is 2.70. The maximum Gasteiger partial charge on any atom is 0.435 e. The molecule has 2 nitrogen and oxygen atoms in total. The van der Waals surface area contributed by atoms with E-state index in [9.17, 15) is 13.2 Å². The monoisotopic (exact) mass is 399 g/mol. The van der Waals surface area contributed by atoms with Crippen LogP contribution in [0.5, 0.6) is 0 Å². The molecule has 0 saturated carbocycles. The molecule has 0 amide bonds. The van der Waals surface area contributed by atoms with Crippen LogP contribution in [0.2, 0.25) is 0 Å². The van der Waals surface area contributed by atoms with E-state index in [-0.39, 0.29) is 10.7 Å². The highest BCUT2D eigenvalue weighted by Crippen LogP contribution is 2.36. The molecule has 1 aromatic carbocycles. The Hall–Kier alpha value is -0.760. The molecule has 1 heterocycles. The highest BCUT2D eigenvalue weighted by Gasteiger charge is 2.43. The van der Waals surface area contributed by atoms with E-state index in [0.29, 0.717) is 12.0 Å². The predicted octanol–water partition coefficient (Wildman–Crippen LogP) is 4.30. The minimum atomic E-state index is -4.57. The second-order valence-corrected chi connectivity index (χ2v) is 5.47. The molecule has 0 aromatic heterocycles. The molecule has 19 heavy (non-hydrogen) atoms. The van der Waals surface area contributed by atoms with Crippen molar-refractivity contribution in [2.75, 3.05) is 0 Å². The first-order valence-corrected chi connectivity index (χ1v) is 6.85. The Labute approximate surface area is 126 Å². The van der Waals surface area contributed by atoms with E-state index in [1.165, 1.54) is 0 Å². The minimum absolute atomic E-state index is 0.135. The van der Waals surface area contributed by atoms with Gasteiger partial charge < -0.3 is 0 Å². The molecule has 2 rings (SSSR count). The molecule has 1 aliphatic rings. The summed E-state index contributed by atoms with van der Waals surface area (Å²) in [5, 5.41) is 2.94. The largest absolute Gasteiger partial charge is 0.435 e. The molecule has 0 unspecified atom stereocenters. The van der Waals surface area contributed by atoms with Gasteiger partial charge in [-0.05, 0) is 52.3 Å². The molecule has 0 N–H and O–H groups in total. The van der Waals surface area contributed by atoms with Gasteiger partial charge in [-0.2, -0.15) is 13.2 Å². The summed E-state index contributed by atoms with van der Waals surface area (Å²) >= 11 is 7.83. The molecule has 0 aliphatic carbocycles. The Bertz CT molecular complexity index is 579. The van der Waals surface area contributed by atoms with Crippen LogP contribution in [-0.4, -0.2) is 11.9 Å². The number of halogens is 5. The van der Waals surface area contributed by atoms with Crippen LogP contribution in [0.3, 0.4) is 0 Å². The standard InChI is InChI=1S/C12H8ClF3IN2/c1-2-6-3-4-7(17)5-8(6)9-10(12(14,15)16)18-19-11(9)13/h3-5H,2H2,1H3. The van der Waals surface area contributed by atoms with Crippen molar-refractivity contribution in [3.8, 4) is 0 Å². The van der Waals surface area contributed by atoms with Crippen LogP contribution in [0.25, 0.3) is 5.57 Å². The zero-order chi connectivity index (χ0) is 14.2. The van der Waals surface area contributed by atoms with Crippen molar-refractivity contribution in [2.45, 2.75) is 19.5 Å². The van der Waals surface area contributed by atoms with Crippen molar-refractivity contribution >= 4 is 45.5 Å². The van der Waals surface area contributed by atoms with Crippen LogP contribution in [0.4, 0.5) is 13.2 Å². The topological polar surface area (TPSA) is 26.5 Å². The molecule has 0 fully saturated rings. The van der Waals surface area contributed by atoms with Crippen molar-refractivity contribution in [3.05, 3.63) is 38.1 Å². The molecule has 1 aromatic rings. The number of aryl methyl sites for hydroxylation is 1. The van der Waals surface area contributed by atoms with Gasteiger partial charge in [0.2, 0.25) is 0 Å². The Morgan fingerprint density at radius 2 is 2.00 bits per heavy atom. The summed E-state index contributed by atoms with van der Waals surface area (Å²) in [6.07, 6.45) is -3.97. The zero-order valence-corrected chi connectivity index (χ0v) is 12.6. The normalized spacial score (nSPS) is 15.6. The summed E-state index contributed by atoms with van der Waals surface area (Å²) in [6.45, 7) is 1.87. The summed E-state index contributed by atoms with van der Waals surface area (Å²) in [5.74, 6) is 0. The van der Waals surface area contributed by atoms with Gasteiger partial charge in [-0.25, -0.2) is 0 Å². The summed E-state index contributed by atoms with van der Waals surface area (Å²) in [5.41, 5.74) is 3.41. The van der Waals surface area contributed by atoms with Crippen molar-refractivity contribution < 1.29 is 13.2 Å². The van der Waals surface area contributed by atoms with Crippen molar-refractivity contribution in [3.63, 3.8) is 0 Å². The first-order chi connectivity index (χ1) is 8.84. The molecule has 0 spiro atoms. The minimum Gasteiger partial charge on any atom is -0.164 e. The van der Waals surface area contributed by atoms with E-state index < -0.39 is 11.9 Å². The summed E-state index contributed by atoms with van der Waals surface area (Å²) < 4.78 is 39.6. The number of allylic oxidation sites excluding steroid dienone is 1. The smallest absolute Gasteiger partial charge is 0.164 e. The van der Waals surface area contributed by atoms with Crippen molar-refractivity contribution in [2.24, 2.45) is 5.10 Å². The number of nitrogens with zero attached hydrogens (tertiary/aromatic N) is 2. The lowest BCUT2D eigenvalue weighted by molar-refractivity contribution is -0.0572. The van der Waals surface area contributed by atoms with E-state index in [1.807, 2.05) is 35.6 Å². The lowest BCUT2D eigenvalue weighted by Crippen LogP contribution is -2.23. The third-order valence-electron chi connectivity index (χ3n) is 2.67. The quantitative estimate of drug-likeness (QED) is 0.524. The summed E-state index contributed by atoms with van der Waals surface area (Å²) in [7, 11) is 0. The first-order valence-electron chi connectivity index (χ1n) is 5.39. The van der Waals surface area contributed by atoms with Crippen LogP contribution >= 0.6 is 34.2 Å². The lowest BCUT2D eigenvalue weighted by atomic mass is 9.95. The van der Waals surface area contributed by atoms with E-state index in [2.05, 4.69) is 10.5 Å². The Morgan fingerprint density at radius 1 is 1.32 bits per heavy atom. The SMILES string of the molecule is CCc1ccc(I)cc1C1=C(Cl)[N]N=C1C(F)(F)F. The predicted molar refractivity (Wildman–Crippen MR) is 76.9 cm³/mol. The molecule has 7 heteroatoms. The number of alkyl halides is 3. The van der Waals surface area contributed by atoms with Gasteiger partial charge in [0.05, 0.1) is 5.57 Å². The van der Waals surface area contributed by atoms with Crippen LogP contribution in [0.15, 0.2) is 28.5 Å². The van der Waals surface area contributed by atoms with Gasteiger partial charge in [-0.15, -0.1) is 10.5 Å². The zero-order valence-electron chi connectivity index (χ0n) is 9.72. The lowest BCUT2D eigenvalue weighted by Gasteiger charge is -2.13. The third kappa shape index (κ3) is 2.89. The van der Waals surface area contributed by atoms with Crippen molar-refractivity contribution in [1.29, 1.82) is 0 Å². The van der Waals surface area contributed by atoms with Gasteiger partial charge in [0, 0.05) is 3.57 Å². The fourth-order valence-corrected chi connectivity index (χ4v) is 2.54. The van der Waals surface area contributed by atoms with Gasteiger partial charge in [0.25, 0.3) is 0 Å². The van der Waals surface area contributed by atoms with Crippen molar-refractivity contribution in [1.82, 2.24) is 5.43 Å². The second kappa shape index (κ2) is 5.32. The van der Waals surface area contributed by atoms with E-state index in [1.54, 1.807) is 12.1 Å². The van der Waals surface area contributed by atoms with Gasteiger partial charge >= 0.3 is 6.18 Å². The Kier molecular flexibility index (Phi) is 4.10. The highest BCUT2D eigenvalue weighted by atomic mass is 127. The van der Waals surface area contributed by atoms with Gasteiger partial charge in [0.1, 0.15) is 0 Å². The fraction of sp³-hybridized carbons (Fsp3) is 0.250. The van der Waals surface area contributed by atoms with E-state index in [4.69, 9.17) is 11.6 Å². The maximum absolute atomic E-state index is 12.9. The summed E-state index contributed by atoms with van der Waals surface area (Å²) in [6, 6.07) is 5.30. The van der Waals surface area contributed by atoms with Crippen LogP contribution in [0, 0.1) is 3.57 Å². The molecular formula is C12H8ClF3IN2. The third-order valence-corrected chi connectivity index (χ3v) is 3.61. The van der Waals surface area contributed by atoms with Gasteiger partial charge in [0.15, 0.2) is 10.9 Å². The van der Waals surface area contributed by atoms with Crippen LogP contribution < -0.4 is 5.43 Å². The molecule has 0 bridgehead atoms. The number of hydrogen-bond donors (Lipinski definition) is 0. The average molecular weight is 400 g/mol. The van der Waals surface area contributed by atoms with Gasteiger partial charge in [-0.3, -0.25) is 0 Å². The number of hydrogen-bond acceptors (Lipinski definition) is 1. The molecule has 0 saturated heterocycles. The Balaban J connectivity index is 2.60.